The molecule has 1 aromatic rings. The van der Waals surface area contributed by atoms with Gasteiger partial charge in [0, 0.05) is 18.2 Å². The van der Waals surface area contributed by atoms with Crippen molar-refractivity contribution >= 4 is 0 Å². The van der Waals surface area contributed by atoms with E-state index in [1.807, 2.05) is 12.1 Å². The van der Waals surface area contributed by atoms with Crippen LogP contribution in [0.1, 0.15) is 36.8 Å². The van der Waals surface area contributed by atoms with Gasteiger partial charge in [0.2, 0.25) is 0 Å². The van der Waals surface area contributed by atoms with Crippen LogP contribution in [0.25, 0.3) is 0 Å². The van der Waals surface area contributed by atoms with Crippen LogP contribution >= 0.6 is 0 Å². The molecule has 19 heavy (non-hydrogen) atoms. The van der Waals surface area contributed by atoms with Crippen molar-refractivity contribution in [1.82, 2.24) is 5.32 Å². The molecule has 0 spiro atoms. The van der Waals surface area contributed by atoms with Crippen molar-refractivity contribution in [3.05, 3.63) is 29.3 Å². The Hall–Kier alpha value is -1.57. The van der Waals surface area contributed by atoms with Crippen LogP contribution in [0.4, 0.5) is 0 Å². The number of hydrogen-bond acceptors (Lipinski definition) is 4. The Bertz CT molecular complexity index is 468. The lowest BCUT2D eigenvalue weighted by Gasteiger charge is -2.28. The van der Waals surface area contributed by atoms with Crippen LogP contribution in [-0.2, 0) is 6.54 Å². The van der Waals surface area contributed by atoms with E-state index in [0.29, 0.717) is 12.1 Å². The van der Waals surface area contributed by atoms with Gasteiger partial charge in [-0.1, -0.05) is 12.8 Å². The molecule has 1 fully saturated rings. The highest BCUT2D eigenvalue weighted by atomic mass is 16.5. The second-order valence-electron chi connectivity index (χ2n) is 4.98. The van der Waals surface area contributed by atoms with Crippen molar-refractivity contribution in [2.24, 2.45) is 0 Å². The second kappa shape index (κ2) is 6.55. The highest BCUT2D eigenvalue weighted by molar-refractivity contribution is 5.42. The summed E-state index contributed by atoms with van der Waals surface area (Å²) in [6, 6.07) is 7.67. The molecule has 4 heteroatoms. The lowest BCUT2D eigenvalue weighted by Crippen LogP contribution is -2.41. The SMILES string of the molecule is COc1ccc(C#N)cc1CNC1CCCCC1O. The molecule has 102 valence electrons. The molecule has 1 aromatic carbocycles. The molecule has 2 atom stereocenters. The predicted octanol–water partition coefficient (Wildman–Crippen LogP) is 1.96. The number of rotatable bonds is 4. The number of methoxy groups -OCH3 is 1. The van der Waals surface area contributed by atoms with Crippen LogP contribution in [0.3, 0.4) is 0 Å². The van der Waals surface area contributed by atoms with Crippen molar-refractivity contribution in [3.63, 3.8) is 0 Å². The van der Waals surface area contributed by atoms with Gasteiger partial charge in [0.1, 0.15) is 5.75 Å². The van der Waals surface area contributed by atoms with E-state index in [1.54, 1.807) is 13.2 Å². The van der Waals surface area contributed by atoms with Gasteiger partial charge in [-0.05, 0) is 31.0 Å². The quantitative estimate of drug-likeness (QED) is 0.868. The van der Waals surface area contributed by atoms with E-state index in [2.05, 4.69) is 11.4 Å². The van der Waals surface area contributed by atoms with Crippen molar-refractivity contribution in [2.75, 3.05) is 7.11 Å². The van der Waals surface area contributed by atoms with Crippen LogP contribution in [-0.4, -0.2) is 24.4 Å². The van der Waals surface area contributed by atoms with Gasteiger partial charge in [-0.15, -0.1) is 0 Å². The molecule has 1 saturated carbocycles. The Balaban J connectivity index is 2.03. The number of nitrogens with zero attached hydrogens (tertiary/aromatic N) is 1. The van der Waals surface area contributed by atoms with Crippen LogP contribution in [0.2, 0.25) is 0 Å². The van der Waals surface area contributed by atoms with Gasteiger partial charge in [-0.3, -0.25) is 0 Å². The number of benzene rings is 1. The third-order valence-electron chi connectivity index (χ3n) is 3.69. The standard InChI is InChI=1S/C15H20N2O2/c1-19-15-7-6-11(9-16)8-12(15)10-17-13-4-2-3-5-14(13)18/h6-8,13-14,17-18H,2-5,10H2,1H3. The zero-order valence-electron chi connectivity index (χ0n) is 11.2. The zero-order valence-corrected chi connectivity index (χ0v) is 11.2. The summed E-state index contributed by atoms with van der Waals surface area (Å²) >= 11 is 0. The summed E-state index contributed by atoms with van der Waals surface area (Å²) in [5.41, 5.74) is 1.58. The summed E-state index contributed by atoms with van der Waals surface area (Å²) in [5, 5.41) is 22.2. The summed E-state index contributed by atoms with van der Waals surface area (Å²) in [6.45, 7) is 0.612. The van der Waals surface area contributed by atoms with E-state index in [4.69, 9.17) is 10.00 Å². The molecule has 0 bridgehead atoms. The Kier molecular flexibility index (Phi) is 4.78. The first-order chi connectivity index (χ1) is 9.24. The van der Waals surface area contributed by atoms with E-state index in [9.17, 15) is 5.11 Å². The summed E-state index contributed by atoms with van der Waals surface area (Å²) in [7, 11) is 1.63. The molecule has 0 aromatic heterocycles. The monoisotopic (exact) mass is 260 g/mol. The molecule has 0 aliphatic heterocycles. The van der Waals surface area contributed by atoms with Gasteiger partial charge in [0.25, 0.3) is 0 Å². The van der Waals surface area contributed by atoms with Crippen molar-refractivity contribution in [3.8, 4) is 11.8 Å². The number of aliphatic hydroxyl groups is 1. The van der Waals surface area contributed by atoms with Gasteiger partial charge in [-0.2, -0.15) is 5.26 Å². The van der Waals surface area contributed by atoms with Crippen LogP contribution < -0.4 is 10.1 Å². The maximum absolute atomic E-state index is 9.93. The molecule has 4 nitrogen and oxygen atoms in total. The molecule has 0 heterocycles. The fraction of sp³-hybridized carbons (Fsp3) is 0.533. The third-order valence-corrected chi connectivity index (χ3v) is 3.69. The Morgan fingerprint density at radius 1 is 1.42 bits per heavy atom. The number of ether oxygens (including phenoxy) is 1. The largest absolute Gasteiger partial charge is 0.496 e. The van der Waals surface area contributed by atoms with Crippen molar-refractivity contribution < 1.29 is 9.84 Å². The van der Waals surface area contributed by atoms with E-state index < -0.39 is 0 Å². The minimum Gasteiger partial charge on any atom is -0.496 e. The highest BCUT2D eigenvalue weighted by Crippen LogP contribution is 2.22. The Labute approximate surface area is 114 Å². The average molecular weight is 260 g/mol. The Morgan fingerprint density at radius 2 is 2.21 bits per heavy atom. The topological polar surface area (TPSA) is 65.3 Å². The first-order valence-corrected chi connectivity index (χ1v) is 6.73. The number of nitriles is 1. The lowest BCUT2D eigenvalue weighted by atomic mass is 9.92. The van der Waals surface area contributed by atoms with Gasteiger partial charge >= 0.3 is 0 Å². The molecule has 1 aliphatic carbocycles. The maximum Gasteiger partial charge on any atom is 0.123 e. The second-order valence-corrected chi connectivity index (χ2v) is 4.98. The first kappa shape index (κ1) is 13.9. The lowest BCUT2D eigenvalue weighted by molar-refractivity contribution is 0.0901. The fourth-order valence-corrected chi connectivity index (χ4v) is 2.58. The summed E-state index contributed by atoms with van der Waals surface area (Å²) in [4.78, 5) is 0. The van der Waals surface area contributed by atoms with Crippen LogP contribution in [0.15, 0.2) is 18.2 Å². The van der Waals surface area contributed by atoms with E-state index >= 15 is 0 Å². The molecule has 2 rings (SSSR count). The fourth-order valence-electron chi connectivity index (χ4n) is 2.58. The van der Waals surface area contributed by atoms with Gasteiger partial charge in [0.15, 0.2) is 0 Å². The van der Waals surface area contributed by atoms with Crippen LogP contribution in [0.5, 0.6) is 5.75 Å². The molecule has 0 saturated heterocycles. The van der Waals surface area contributed by atoms with Crippen molar-refractivity contribution in [2.45, 2.75) is 44.4 Å². The summed E-state index contributed by atoms with van der Waals surface area (Å²) in [5.74, 6) is 0.775. The number of hydrogen-bond donors (Lipinski definition) is 2. The Morgan fingerprint density at radius 3 is 2.89 bits per heavy atom. The van der Waals surface area contributed by atoms with Gasteiger partial charge in [0.05, 0.1) is 24.8 Å². The average Bonchev–Trinajstić information content (AvgIpc) is 2.46. The third kappa shape index (κ3) is 3.46. The van der Waals surface area contributed by atoms with E-state index in [0.717, 1.165) is 37.0 Å². The molecular weight excluding hydrogens is 240 g/mol. The first-order valence-electron chi connectivity index (χ1n) is 6.73. The minimum atomic E-state index is -0.265. The molecule has 2 N–H and O–H groups in total. The van der Waals surface area contributed by atoms with Crippen LogP contribution in [0, 0.1) is 11.3 Å². The maximum atomic E-state index is 9.93. The zero-order chi connectivity index (χ0) is 13.7. The van der Waals surface area contributed by atoms with E-state index in [1.165, 1.54) is 0 Å². The van der Waals surface area contributed by atoms with Crippen molar-refractivity contribution in [1.29, 1.82) is 5.26 Å². The van der Waals surface area contributed by atoms with E-state index in [-0.39, 0.29) is 12.1 Å². The smallest absolute Gasteiger partial charge is 0.123 e. The molecule has 2 unspecified atom stereocenters. The summed E-state index contributed by atoms with van der Waals surface area (Å²) in [6.07, 6.45) is 3.87. The minimum absolute atomic E-state index is 0.143. The highest BCUT2D eigenvalue weighted by Gasteiger charge is 2.22. The summed E-state index contributed by atoms with van der Waals surface area (Å²) < 4.78 is 5.30. The number of nitrogens with one attached hydrogen (secondary N) is 1. The number of aliphatic hydroxyl groups excluding tert-OH is 1. The van der Waals surface area contributed by atoms with Gasteiger partial charge < -0.3 is 15.2 Å². The van der Waals surface area contributed by atoms with Gasteiger partial charge in [-0.25, -0.2) is 0 Å². The molecular formula is C15H20N2O2. The normalized spacial score (nSPS) is 22.8. The predicted molar refractivity (Wildman–Crippen MR) is 72.8 cm³/mol. The molecule has 1 aliphatic rings. The molecule has 0 amide bonds. The molecule has 0 radical (unpaired) electrons.